The number of hydrogen-bond acceptors (Lipinski definition) is 5. The zero-order valence-corrected chi connectivity index (χ0v) is 8.31. The molecule has 0 aromatic carbocycles. The highest BCUT2D eigenvalue weighted by molar-refractivity contribution is 7.87. The minimum Gasteiger partial charge on any atom is -0.314 e. The van der Waals surface area contributed by atoms with Gasteiger partial charge in [-0.1, -0.05) is 5.21 Å². The number of piperazine rings is 1. The van der Waals surface area contributed by atoms with Crippen molar-refractivity contribution in [1.82, 2.24) is 24.0 Å². The molecule has 2 heterocycles. The first-order chi connectivity index (χ1) is 6.71. The van der Waals surface area contributed by atoms with E-state index in [1.807, 2.05) is 0 Å². The summed E-state index contributed by atoms with van der Waals surface area (Å²) in [6, 6.07) is 0. The molecular weight excluding hydrogens is 206 g/mol. The summed E-state index contributed by atoms with van der Waals surface area (Å²) in [5.41, 5.74) is 0. The van der Waals surface area contributed by atoms with Crippen LogP contribution in [0, 0.1) is 0 Å². The number of rotatable bonds is 2. The Morgan fingerprint density at radius 2 is 2.00 bits per heavy atom. The number of nitrogens with zero attached hydrogens (tertiary/aromatic N) is 4. The van der Waals surface area contributed by atoms with E-state index in [1.165, 1.54) is 16.7 Å². The van der Waals surface area contributed by atoms with Crippen molar-refractivity contribution in [3.8, 4) is 0 Å². The molecule has 1 aliphatic heterocycles. The molecule has 7 nitrogen and oxygen atoms in total. The Balaban J connectivity index is 2.23. The molecule has 14 heavy (non-hydrogen) atoms. The van der Waals surface area contributed by atoms with Gasteiger partial charge >= 0.3 is 10.2 Å². The van der Waals surface area contributed by atoms with E-state index in [-0.39, 0.29) is 0 Å². The molecule has 1 saturated heterocycles. The van der Waals surface area contributed by atoms with E-state index in [9.17, 15) is 8.42 Å². The van der Waals surface area contributed by atoms with E-state index in [2.05, 4.69) is 15.6 Å². The van der Waals surface area contributed by atoms with Gasteiger partial charge in [-0.05, 0) is 0 Å². The molecule has 0 radical (unpaired) electrons. The molecule has 78 valence electrons. The maximum Gasteiger partial charge on any atom is 0.324 e. The molecular formula is C6H11N5O2S. The van der Waals surface area contributed by atoms with Gasteiger partial charge in [0.1, 0.15) is 0 Å². The normalized spacial score (nSPS) is 19.7. The third kappa shape index (κ3) is 1.63. The van der Waals surface area contributed by atoms with E-state index in [0.717, 1.165) is 4.09 Å². The Kier molecular flexibility index (Phi) is 2.48. The fourth-order valence-corrected chi connectivity index (χ4v) is 2.54. The van der Waals surface area contributed by atoms with Crippen molar-refractivity contribution in [3.63, 3.8) is 0 Å². The van der Waals surface area contributed by atoms with Crippen LogP contribution in [-0.2, 0) is 10.2 Å². The fourth-order valence-electron chi connectivity index (χ4n) is 1.31. The topological polar surface area (TPSA) is 80.1 Å². The van der Waals surface area contributed by atoms with Crippen molar-refractivity contribution in [2.24, 2.45) is 0 Å². The molecule has 0 unspecified atom stereocenters. The average molecular weight is 217 g/mol. The molecule has 0 spiro atoms. The van der Waals surface area contributed by atoms with Crippen LogP contribution in [0.4, 0.5) is 0 Å². The number of nitrogens with one attached hydrogen (secondary N) is 1. The monoisotopic (exact) mass is 217 g/mol. The third-order valence-electron chi connectivity index (χ3n) is 2.04. The van der Waals surface area contributed by atoms with Crippen LogP contribution in [-0.4, -0.2) is 53.3 Å². The largest absolute Gasteiger partial charge is 0.324 e. The van der Waals surface area contributed by atoms with Gasteiger partial charge < -0.3 is 5.32 Å². The van der Waals surface area contributed by atoms with Gasteiger partial charge in [0, 0.05) is 26.2 Å². The van der Waals surface area contributed by atoms with E-state index in [0.29, 0.717) is 26.2 Å². The lowest BCUT2D eigenvalue weighted by Crippen LogP contribution is -2.48. The molecule has 2 rings (SSSR count). The lowest BCUT2D eigenvalue weighted by atomic mass is 10.4. The van der Waals surface area contributed by atoms with Crippen LogP contribution in [0.15, 0.2) is 12.4 Å². The van der Waals surface area contributed by atoms with E-state index in [1.54, 1.807) is 0 Å². The van der Waals surface area contributed by atoms with E-state index >= 15 is 0 Å². The molecule has 1 aromatic rings. The molecule has 0 saturated carbocycles. The Morgan fingerprint density at radius 1 is 1.29 bits per heavy atom. The molecule has 1 fully saturated rings. The maximum absolute atomic E-state index is 11.8. The van der Waals surface area contributed by atoms with Crippen molar-refractivity contribution < 1.29 is 8.42 Å². The van der Waals surface area contributed by atoms with Gasteiger partial charge in [0.05, 0.1) is 12.4 Å². The molecule has 0 atom stereocenters. The van der Waals surface area contributed by atoms with Crippen LogP contribution in [0.2, 0.25) is 0 Å². The summed E-state index contributed by atoms with van der Waals surface area (Å²) in [6.07, 6.45) is 2.68. The van der Waals surface area contributed by atoms with Crippen LogP contribution < -0.4 is 5.32 Å². The summed E-state index contributed by atoms with van der Waals surface area (Å²) in [5.74, 6) is 0. The van der Waals surface area contributed by atoms with Crippen LogP contribution in [0.1, 0.15) is 0 Å². The first kappa shape index (κ1) is 9.56. The first-order valence-corrected chi connectivity index (χ1v) is 5.68. The SMILES string of the molecule is O=S(=O)(N1CCNCC1)n1ccnn1. The lowest BCUT2D eigenvalue weighted by Gasteiger charge is -2.25. The Labute approximate surface area is 81.9 Å². The van der Waals surface area contributed by atoms with Crippen LogP contribution >= 0.6 is 0 Å². The zero-order chi connectivity index (χ0) is 10.0. The van der Waals surface area contributed by atoms with Crippen LogP contribution in [0.3, 0.4) is 0 Å². The maximum atomic E-state index is 11.8. The van der Waals surface area contributed by atoms with E-state index < -0.39 is 10.2 Å². The number of hydrogen-bond donors (Lipinski definition) is 1. The zero-order valence-electron chi connectivity index (χ0n) is 7.50. The second-order valence-electron chi connectivity index (χ2n) is 2.93. The van der Waals surface area contributed by atoms with Crippen molar-refractivity contribution in [3.05, 3.63) is 12.4 Å². The van der Waals surface area contributed by atoms with Gasteiger partial charge in [-0.25, -0.2) is 0 Å². The fraction of sp³-hybridized carbons (Fsp3) is 0.667. The number of aromatic nitrogens is 3. The van der Waals surface area contributed by atoms with Crippen molar-refractivity contribution >= 4 is 10.2 Å². The standard InChI is InChI=1S/C6H11N5O2S/c12-14(13,11-6-3-8-9-11)10-4-1-7-2-5-10/h3,6-7H,1-2,4-5H2. The van der Waals surface area contributed by atoms with Crippen molar-refractivity contribution in [1.29, 1.82) is 0 Å². The summed E-state index contributed by atoms with van der Waals surface area (Å²) in [5, 5.41) is 10.0. The second-order valence-corrected chi connectivity index (χ2v) is 4.72. The molecule has 8 heteroatoms. The Bertz CT molecular complexity index is 380. The van der Waals surface area contributed by atoms with Gasteiger partial charge in [-0.15, -0.1) is 9.19 Å². The van der Waals surface area contributed by atoms with Gasteiger partial charge in [0.2, 0.25) is 0 Å². The summed E-state index contributed by atoms with van der Waals surface area (Å²) in [4.78, 5) is 0. The highest BCUT2D eigenvalue weighted by Gasteiger charge is 2.25. The molecule has 1 aliphatic rings. The predicted octanol–water partition coefficient (Wildman–Crippen LogP) is -1.72. The predicted molar refractivity (Wildman–Crippen MR) is 48.8 cm³/mol. The first-order valence-electron chi connectivity index (χ1n) is 4.29. The summed E-state index contributed by atoms with van der Waals surface area (Å²) in [6.45, 7) is 2.30. The smallest absolute Gasteiger partial charge is 0.314 e. The van der Waals surface area contributed by atoms with E-state index in [4.69, 9.17) is 0 Å². The highest BCUT2D eigenvalue weighted by atomic mass is 32.2. The molecule has 0 amide bonds. The van der Waals surface area contributed by atoms with Crippen LogP contribution in [0.25, 0.3) is 0 Å². The molecule has 0 bridgehead atoms. The summed E-state index contributed by atoms with van der Waals surface area (Å²) < 4.78 is 25.9. The minimum absolute atomic E-state index is 0.474. The Morgan fingerprint density at radius 3 is 2.57 bits per heavy atom. The van der Waals surface area contributed by atoms with Crippen molar-refractivity contribution in [2.75, 3.05) is 26.2 Å². The van der Waals surface area contributed by atoms with Gasteiger partial charge in [-0.3, -0.25) is 0 Å². The quantitative estimate of drug-likeness (QED) is 0.637. The van der Waals surface area contributed by atoms with Gasteiger partial charge in [0.15, 0.2) is 0 Å². The average Bonchev–Trinajstić information content (AvgIpc) is 2.72. The second kappa shape index (κ2) is 3.64. The molecule has 1 N–H and O–H groups in total. The third-order valence-corrected chi connectivity index (χ3v) is 3.72. The summed E-state index contributed by atoms with van der Waals surface area (Å²) >= 11 is 0. The Hall–Kier alpha value is -0.990. The highest BCUT2D eigenvalue weighted by Crippen LogP contribution is 2.04. The van der Waals surface area contributed by atoms with Crippen LogP contribution in [0.5, 0.6) is 0 Å². The van der Waals surface area contributed by atoms with Gasteiger partial charge in [0.25, 0.3) is 0 Å². The molecule has 1 aromatic heterocycles. The summed E-state index contributed by atoms with van der Waals surface area (Å²) in [7, 11) is -3.48. The minimum atomic E-state index is -3.48. The lowest BCUT2D eigenvalue weighted by molar-refractivity contribution is 0.353. The molecule has 0 aliphatic carbocycles. The van der Waals surface area contributed by atoms with Gasteiger partial charge in [-0.2, -0.15) is 12.7 Å². The van der Waals surface area contributed by atoms with Crippen molar-refractivity contribution in [2.45, 2.75) is 0 Å².